The second-order valence-electron chi connectivity index (χ2n) is 5.72. The predicted molar refractivity (Wildman–Crippen MR) is 67.8 cm³/mol. The summed E-state index contributed by atoms with van der Waals surface area (Å²) in [6.07, 6.45) is 9.26. The number of rotatable bonds is 5. The van der Waals surface area contributed by atoms with Crippen LogP contribution in [0.5, 0.6) is 0 Å². The van der Waals surface area contributed by atoms with Gasteiger partial charge in [-0.2, -0.15) is 0 Å². The van der Waals surface area contributed by atoms with E-state index in [2.05, 4.69) is 12.2 Å². The summed E-state index contributed by atoms with van der Waals surface area (Å²) >= 11 is 0. The minimum atomic E-state index is -0.361. The third-order valence-corrected chi connectivity index (χ3v) is 4.29. The van der Waals surface area contributed by atoms with Crippen molar-refractivity contribution < 1.29 is 9.53 Å². The van der Waals surface area contributed by atoms with Crippen LogP contribution in [0.3, 0.4) is 0 Å². The van der Waals surface area contributed by atoms with Crippen LogP contribution in [0.15, 0.2) is 0 Å². The van der Waals surface area contributed by atoms with Crippen molar-refractivity contribution >= 4 is 5.97 Å². The van der Waals surface area contributed by atoms with Crippen LogP contribution < -0.4 is 5.32 Å². The van der Waals surface area contributed by atoms with Crippen LogP contribution >= 0.6 is 0 Å². The second kappa shape index (κ2) is 5.38. The van der Waals surface area contributed by atoms with E-state index in [0.717, 1.165) is 18.8 Å². The van der Waals surface area contributed by atoms with E-state index < -0.39 is 0 Å². The third-order valence-electron chi connectivity index (χ3n) is 4.29. The summed E-state index contributed by atoms with van der Waals surface area (Å²) in [4.78, 5) is 12.0. The average molecular weight is 239 g/mol. The molecule has 2 rings (SSSR count). The van der Waals surface area contributed by atoms with Gasteiger partial charge in [-0.15, -0.1) is 0 Å². The molecule has 1 N–H and O–H groups in total. The molecule has 0 aromatic carbocycles. The summed E-state index contributed by atoms with van der Waals surface area (Å²) in [6.45, 7) is 2.24. The molecule has 0 radical (unpaired) electrons. The van der Waals surface area contributed by atoms with Crippen molar-refractivity contribution in [2.75, 3.05) is 7.11 Å². The van der Waals surface area contributed by atoms with Gasteiger partial charge < -0.3 is 4.74 Å². The Bertz CT molecular complexity index is 265. The molecule has 0 heterocycles. The van der Waals surface area contributed by atoms with Crippen LogP contribution in [0.1, 0.15) is 58.3 Å². The normalized spacial score (nSPS) is 33.4. The molecule has 2 saturated carbocycles. The lowest BCUT2D eigenvalue weighted by Gasteiger charge is -2.38. The van der Waals surface area contributed by atoms with E-state index in [1.54, 1.807) is 0 Å². The fourth-order valence-electron chi connectivity index (χ4n) is 3.09. The molecule has 2 aliphatic carbocycles. The Morgan fingerprint density at radius 3 is 2.41 bits per heavy atom. The first-order valence-electron chi connectivity index (χ1n) is 7.06. The molecule has 0 atom stereocenters. The van der Waals surface area contributed by atoms with Gasteiger partial charge in [0.1, 0.15) is 5.54 Å². The molecule has 98 valence electrons. The van der Waals surface area contributed by atoms with Crippen LogP contribution in [0.25, 0.3) is 0 Å². The van der Waals surface area contributed by atoms with E-state index >= 15 is 0 Å². The predicted octanol–water partition coefficient (Wildman–Crippen LogP) is 2.64. The maximum absolute atomic E-state index is 12.0. The van der Waals surface area contributed by atoms with Gasteiger partial charge in [0.25, 0.3) is 0 Å². The van der Waals surface area contributed by atoms with Gasteiger partial charge in [0.05, 0.1) is 7.11 Å². The standard InChI is InChI=1S/C14H25NO2/c1-3-4-11-7-9-14(10-8-11,13(16)17-2)15-12-5-6-12/h11-12,15H,3-10H2,1-2H3. The zero-order chi connectivity index (χ0) is 12.3. The van der Waals surface area contributed by atoms with Gasteiger partial charge in [-0.1, -0.05) is 19.8 Å². The van der Waals surface area contributed by atoms with E-state index in [-0.39, 0.29) is 11.5 Å². The molecule has 3 nitrogen and oxygen atoms in total. The Kier molecular flexibility index (Phi) is 4.08. The minimum Gasteiger partial charge on any atom is -0.468 e. The van der Waals surface area contributed by atoms with E-state index in [1.165, 1.54) is 45.6 Å². The number of esters is 1. The van der Waals surface area contributed by atoms with Crippen molar-refractivity contribution in [1.82, 2.24) is 5.32 Å². The lowest BCUT2D eigenvalue weighted by Crippen LogP contribution is -2.55. The zero-order valence-corrected chi connectivity index (χ0v) is 11.1. The van der Waals surface area contributed by atoms with Gasteiger partial charge in [0.2, 0.25) is 0 Å². The first kappa shape index (κ1) is 12.9. The molecule has 0 bridgehead atoms. The van der Waals surface area contributed by atoms with Gasteiger partial charge >= 0.3 is 5.97 Å². The quantitative estimate of drug-likeness (QED) is 0.750. The summed E-state index contributed by atoms with van der Waals surface area (Å²) in [5, 5.41) is 3.55. The van der Waals surface area contributed by atoms with Crippen molar-refractivity contribution in [3.63, 3.8) is 0 Å². The molecule has 0 aliphatic heterocycles. The van der Waals surface area contributed by atoms with Crippen molar-refractivity contribution in [2.45, 2.75) is 69.9 Å². The molecule has 0 saturated heterocycles. The highest BCUT2D eigenvalue weighted by molar-refractivity contribution is 5.81. The smallest absolute Gasteiger partial charge is 0.326 e. The molecule has 2 aliphatic rings. The molecule has 2 fully saturated rings. The van der Waals surface area contributed by atoms with E-state index in [0.29, 0.717) is 6.04 Å². The van der Waals surface area contributed by atoms with Crippen LogP contribution in [-0.4, -0.2) is 24.7 Å². The highest BCUT2D eigenvalue weighted by atomic mass is 16.5. The van der Waals surface area contributed by atoms with E-state index in [1.807, 2.05) is 0 Å². The molecule has 0 aromatic heterocycles. The van der Waals surface area contributed by atoms with E-state index in [9.17, 15) is 4.79 Å². The van der Waals surface area contributed by atoms with E-state index in [4.69, 9.17) is 4.74 Å². The Hall–Kier alpha value is -0.570. The fourth-order valence-corrected chi connectivity index (χ4v) is 3.09. The molecule has 0 unspecified atom stereocenters. The number of hydrogen-bond acceptors (Lipinski definition) is 3. The number of methoxy groups -OCH3 is 1. The van der Waals surface area contributed by atoms with Crippen molar-refractivity contribution in [3.8, 4) is 0 Å². The number of hydrogen-bond donors (Lipinski definition) is 1. The van der Waals surface area contributed by atoms with Gasteiger partial charge in [-0.05, 0) is 44.4 Å². The van der Waals surface area contributed by atoms with Crippen LogP contribution in [0.4, 0.5) is 0 Å². The Balaban J connectivity index is 1.95. The molecule has 0 aromatic rings. The average Bonchev–Trinajstić information content (AvgIpc) is 3.15. The van der Waals surface area contributed by atoms with Gasteiger partial charge in [-0.3, -0.25) is 10.1 Å². The van der Waals surface area contributed by atoms with Crippen LogP contribution in [0.2, 0.25) is 0 Å². The summed E-state index contributed by atoms with van der Waals surface area (Å²) in [6, 6.07) is 0.567. The van der Waals surface area contributed by atoms with Crippen LogP contribution in [0, 0.1) is 5.92 Å². The van der Waals surface area contributed by atoms with Gasteiger partial charge in [0, 0.05) is 6.04 Å². The minimum absolute atomic E-state index is 0.0423. The topological polar surface area (TPSA) is 38.3 Å². The maximum atomic E-state index is 12.0. The SMILES string of the molecule is CCCC1CCC(NC2CC2)(C(=O)OC)CC1. The largest absolute Gasteiger partial charge is 0.468 e. The summed E-state index contributed by atoms with van der Waals surface area (Å²) in [7, 11) is 1.51. The lowest BCUT2D eigenvalue weighted by molar-refractivity contribution is -0.150. The molecular formula is C14H25NO2. The number of ether oxygens (including phenoxy) is 1. The van der Waals surface area contributed by atoms with Crippen LogP contribution in [-0.2, 0) is 9.53 Å². The monoisotopic (exact) mass is 239 g/mol. The Labute approximate surface area is 104 Å². The highest BCUT2D eigenvalue weighted by Crippen LogP contribution is 2.37. The lowest BCUT2D eigenvalue weighted by atomic mass is 9.75. The molecule has 0 amide bonds. The third kappa shape index (κ3) is 3.01. The molecule has 3 heteroatoms. The van der Waals surface area contributed by atoms with Crippen molar-refractivity contribution in [3.05, 3.63) is 0 Å². The molecule has 17 heavy (non-hydrogen) atoms. The number of carbonyl (C=O) groups is 1. The number of nitrogens with one attached hydrogen (secondary N) is 1. The second-order valence-corrected chi connectivity index (χ2v) is 5.72. The van der Waals surface area contributed by atoms with Crippen molar-refractivity contribution in [1.29, 1.82) is 0 Å². The maximum Gasteiger partial charge on any atom is 0.326 e. The summed E-state index contributed by atoms with van der Waals surface area (Å²) in [5.74, 6) is 0.776. The highest BCUT2D eigenvalue weighted by Gasteiger charge is 2.45. The Morgan fingerprint density at radius 1 is 1.29 bits per heavy atom. The fraction of sp³-hybridized carbons (Fsp3) is 0.929. The molecule has 0 spiro atoms. The van der Waals surface area contributed by atoms with Gasteiger partial charge in [-0.25, -0.2) is 0 Å². The first-order chi connectivity index (χ1) is 8.20. The summed E-state index contributed by atoms with van der Waals surface area (Å²) < 4.78 is 5.02. The number of carbonyl (C=O) groups excluding carboxylic acids is 1. The Morgan fingerprint density at radius 2 is 1.94 bits per heavy atom. The summed E-state index contributed by atoms with van der Waals surface area (Å²) in [5.41, 5.74) is -0.361. The molecular weight excluding hydrogens is 214 g/mol. The van der Waals surface area contributed by atoms with Gasteiger partial charge in [0.15, 0.2) is 0 Å². The first-order valence-corrected chi connectivity index (χ1v) is 7.06. The van der Waals surface area contributed by atoms with Crippen molar-refractivity contribution in [2.24, 2.45) is 5.92 Å². The zero-order valence-electron chi connectivity index (χ0n) is 11.1.